The predicted octanol–water partition coefficient (Wildman–Crippen LogP) is 22.9. The first-order valence-electron chi connectivity index (χ1n) is 36.3. The summed E-state index contributed by atoms with van der Waals surface area (Å²) in [5, 5.41) is 9.75. The van der Waals surface area contributed by atoms with E-state index < -0.39 is 24.3 Å². The second kappa shape index (κ2) is 69.3. The Morgan fingerprint density at radius 2 is 0.640 bits per heavy atom. The van der Waals surface area contributed by atoms with Gasteiger partial charge in [-0.15, -0.1) is 0 Å². The molecule has 89 heavy (non-hydrogen) atoms. The summed E-state index contributed by atoms with van der Waals surface area (Å²) in [4.78, 5) is 37.6. The molecule has 9 heteroatoms. The lowest BCUT2D eigenvalue weighted by molar-refractivity contribution is -0.870. The van der Waals surface area contributed by atoms with Crippen LogP contribution in [0.25, 0.3) is 0 Å². The van der Waals surface area contributed by atoms with Gasteiger partial charge in [-0.25, -0.2) is 4.79 Å². The van der Waals surface area contributed by atoms with Crippen molar-refractivity contribution in [3.8, 4) is 0 Å². The molecule has 2 unspecified atom stereocenters. The number of rotatable bonds is 66. The summed E-state index contributed by atoms with van der Waals surface area (Å²) < 4.78 is 23.0. The smallest absolute Gasteiger partial charge is 0.361 e. The van der Waals surface area contributed by atoms with E-state index in [2.05, 4.69) is 148 Å². The highest BCUT2D eigenvalue weighted by Gasteiger charge is 2.25. The Hall–Kier alpha value is -4.57. The molecule has 0 amide bonds. The number of unbranched alkanes of at least 4 members (excludes halogenated alkanes) is 29. The van der Waals surface area contributed by atoms with Crippen LogP contribution in [0.1, 0.15) is 296 Å². The first kappa shape index (κ1) is 84.4. The molecular weight excluding hydrogens is 1100 g/mol. The molecule has 0 aromatic heterocycles. The number of allylic oxidation sites excluding steroid dienone is 22. The molecule has 2 atom stereocenters. The fourth-order valence-corrected chi connectivity index (χ4v) is 9.90. The maximum Gasteiger partial charge on any atom is 0.361 e. The van der Waals surface area contributed by atoms with E-state index in [1.165, 1.54) is 141 Å². The number of esters is 2. The number of likely N-dealkylation sites (N-methyl/N-ethyl adjacent to an activating group) is 1. The molecule has 0 heterocycles. The van der Waals surface area contributed by atoms with Gasteiger partial charge in [-0.1, -0.05) is 321 Å². The van der Waals surface area contributed by atoms with Crippen LogP contribution >= 0.6 is 0 Å². The van der Waals surface area contributed by atoms with Crippen LogP contribution in [0.4, 0.5) is 0 Å². The number of nitrogens with zero attached hydrogens (tertiary/aromatic N) is 1. The summed E-state index contributed by atoms with van der Waals surface area (Å²) in [6, 6.07) is 0. The molecular formula is C80H136NO8+. The summed E-state index contributed by atoms with van der Waals surface area (Å²) in [7, 11) is 5.97. The van der Waals surface area contributed by atoms with Gasteiger partial charge < -0.3 is 28.5 Å². The quantitative estimate of drug-likeness (QED) is 0.0211. The van der Waals surface area contributed by atoms with Crippen LogP contribution in [0.3, 0.4) is 0 Å². The van der Waals surface area contributed by atoms with E-state index in [9.17, 15) is 19.5 Å². The number of quaternary nitrogens is 1. The summed E-state index contributed by atoms with van der Waals surface area (Å²) in [5.74, 6) is -2.03. The van der Waals surface area contributed by atoms with E-state index in [0.717, 1.165) is 122 Å². The molecule has 0 aliphatic heterocycles. The van der Waals surface area contributed by atoms with Gasteiger partial charge in [0.25, 0.3) is 6.29 Å². The fourth-order valence-electron chi connectivity index (χ4n) is 9.90. The van der Waals surface area contributed by atoms with Gasteiger partial charge >= 0.3 is 17.9 Å². The maximum atomic E-state index is 12.9. The molecule has 0 aliphatic rings. The highest BCUT2D eigenvalue weighted by Crippen LogP contribution is 2.17. The zero-order valence-electron chi connectivity index (χ0n) is 58.0. The van der Waals surface area contributed by atoms with Gasteiger partial charge in [0.1, 0.15) is 13.2 Å². The first-order chi connectivity index (χ1) is 43.6. The van der Waals surface area contributed by atoms with Crippen LogP contribution in [0.5, 0.6) is 0 Å². The number of hydrogen-bond donors (Lipinski definition) is 1. The van der Waals surface area contributed by atoms with Crippen molar-refractivity contribution in [1.29, 1.82) is 0 Å². The molecule has 0 aliphatic carbocycles. The van der Waals surface area contributed by atoms with Crippen LogP contribution < -0.4 is 0 Å². The molecule has 508 valence electrons. The van der Waals surface area contributed by atoms with Crippen molar-refractivity contribution in [2.45, 2.75) is 309 Å². The van der Waals surface area contributed by atoms with E-state index in [0.29, 0.717) is 23.9 Å². The van der Waals surface area contributed by atoms with Crippen molar-refractivity contribution < 1.29 is 42.9 Å². The zero-order valence-corrected chi connectivity index (χ0v) is 58.0. The average Bonchev–Trinajstić information content (AvgIpc) is 3.64. The van der Waals surface area contributed by atoms with Gasteiger partial charge in [-0.3, -0.25) is 9.59 Å². The van der Waals surface area contributed by atoms with Crippen molar-refractivity contribution >= 4 is 17.9 Å². The highest BCUT2D eigenvalue weighted by molar-refractivity contribution is 5.71. The van der Waals surface area contributed by atoms with E-state index >= 15 is 0 Å². The van der Waals surface area contributed by atoms with Crippen LogP contribution in [0.15, 0.2) is 134 Å². The van der Waals surface area contributed by atoms with Crippen LogP contribution in [-0.2, 0) is 33.3 Å². The normalized spacial score (nSPS) is 13.5. The third kappa shape index (κ3) is 70.7. The van der Waals surface area contributed by atoms with Crippen molar-refractivity contribution in [1.82, 2.24) is 0 Å². The summed E-state index contributed by atoms with van der Waals surface area (Å²) in [5.41, 5.74) is 0. The van der Waals surface area contributed by atoms with Gasteiger partial charge in [0.15, 0.2) is 6.10 Å². The minimum atomic E-state index is -1.52. The minimum absolute atomic E-state index is 0.179. The van der Waals surface area contributed by atoms with Crippen molar-refractivity contribution in [2.75, 3.05) is 47.5 Å². The molecule has 0 rings (SSSR count). The summed E-state index contributed by atoms with van der Waals surface area (Å²) in [6.07, 6.45) is 97.1. The number of hydrogen-bond acceptors (Lipinski definition) is 7. The monoisotopic (exact) mass is 1240 g/mol. The summed E-state index contributed by atoms with van der Waals surface area (Å²) in [6.45, 7) is 4.76. The molecule has 0 saturated carbocycles. The molecule has 0 aromatic carbocycles. The fraction of sp³-hybridized carbons (Fsp3) is 0.688. The Kier molecular flexibility index (Phi) is 65.8. The van der Waals surface area contributed by atoms with E-state index in [4.69, 9.17) is 18.9 Å². The second-order valence-corrected chi connectivity index (χ2v) is 25.2. The van der Waals surface area contributed by atoms with E-state index in [-0.39, 0.29) is 32.2 Å². The van der Waals surface area contributed by atoms with Gasteiger partial charge in [-0.2, -0.15) is 0 Å². The Labute approximate surface area is 548 Å². The van der Waals surface area contributed by atoms with Gasteiger partial charge in [-0.05, 0) is 96.3 Å². The molecule has 9 nitrogen and oxygen atoms in total. The molecule has 0 bridgehead atoms. The topological polar surface area (TPSA) is 108 Å². The second-order valence-electron chi connectivity index (χ2n) is 25.2. The van der Waals surface area contributed by atoms with Crippen molar-refractivity contribution in [3.05, 3.63) is 134 Å². The maximum absolute atomic E-state index is 12.9. The Balaban J connectivity index is 4.19. The Morgan fingerprint density at radius 3 is 0.955 bits per heavy atom. The third-order valence-corrected chi connectivity index (χ3v) is 15.4. The Morgan fingerprint density at radius 1 is 0.348 bits per heavy atom. The minimum Gasteiger partial charge on any atom is -0.477 e. The number of carbonyl (C=O) groups excluding carboxylic acids is 2. The lowest BCUT2D eigenvalue weighted by Gasteiger charge is -2.25. The van der Waals surface area contributed by atoms with E-state index in [1.807, 2.05) is 21.1 Å². The van der Waals surface area contributed by atoms with Crippen molar-refractivity contribution in [2.24, 2.45) is 0 Å². The van der Waals surface area contributed by atoms with Crippen molar-refractivity contribution in [3.63, 3.8) is 0 Å². The first-order valence-corrected chi connectivity index (χ1v) is 36.3. The SMILES string of the molecule is CC/C=C\C/C=C\C/C=C\C/C=C\C/C=C\C/C=C\C/C=C\C/C=C\C/C=C\C/C=C\C/C=C\CCCCCCCC(=O)OC(COC(=O)CCCCCCCCCCCCCCCCCCCCCCCCCCC)COC(OCC[N+](C)(C)C)C(=O)O. The Bertz CT molecular complexity index is 1930. The number of aliphatic carboxylic acids is 1. The zero-order chi connectivity index (χ0) is 64.7. The molecule has 1 N–H and O–H groups in total. The predicted molar refractivity (Wildman–Crippen MR) is 382 cm³/mol. The lowest BCUT2D eigenvalue weighted by atomic mass is 10.0. The number of ether oxygens (including phenoxy) is 4. The van der Waals surface area contributed by atoms with Crippen LogP contribution in [0, 0.1) is 0 Å². The van der Waals surface area contributed by atoms with Gasteiger partial charge in [0, 0.05) is 12.8 Å². The van der Waals surface area contributed by atoms with Gasteiger partial charge in [0.05, 0.1) is 34.4 Å². The molecule has 0 aromatic rings. The standard InChI is InChI=1S/C80H135NO8/c1-6-8-10-12-14-16-18-20-22-24-26-28-30-32-33-34-35-36-37-38-39-40-41-42-43-44-45-47-49-51-53-55-57-59-61-63-65-67-69-71-78(83)89-76(75-88-80(79(84)85)86-73-72-81(3,4)5)74-87-77(82)70-68-66-64-62-60-58-56-54-52-50-48-46-31-29-27-25-23-21-19-17-15-13-11-9-7-2/h8,10,14,16,20,22,26,28,32-33,35-36,38-39,41-42,44-45,49,51,55,57,76,80H,6-7,9,11-13,15,17-19,21,23-25,27,29-31,34,37,40,43,46-48,50,52-54,56,58-75H2,1-5H3/p+1/b10-8-,16-14-,22-20-,28-26-,33-32-,36-35-,39-38-,42-41-,45-44-,51-49-,57-55-. The van der Waals surface area contributed by atoms with Gasteiger partial charge in [0.2, 0.25) is 0 Å². The molecule has 0 saturated heterocycles. The average molecular weight is 1240 g/mol. The van der Waals surface area contributed by atoms with Crippen LogP contribution in [0.2, 0.25) is 0 Å². The summed E-state index contributed by atoms with van der Waals surface area (Å²) >= 11 is 0. The van der Waals surface area contributed by atoms with E-state index in [1.54, 1.807) is 0 Å². The number of carboxylic acid groups (broad SMARTS) is 1. The molecule has 0 fully saturated rings. The number of carbonyl (C=O) groups is 3. The number of carboxylic acids is 1. The largest absolute Gasteiger partial charge is 0.477 e. The lowest BCUT2D eigenvalue weighted by Crippen LogP contribution is -2.40. The third-order valence-electron chi connectivity index (χ3n) is 15.4. The molecule has 0 spiro atoms. The molecule has 0 radical (unpaired) electrons. The van der Waals surface area contributed by atoms with Crippen LogP contribution in [-0.4, -0.2) is 87.4 Å². The highest BCUT2D eigenvalue weighted by atomic mass is 16.7.